The van der Waals surface area contributed by atoms with Crippen molar-refractivity contribution in [1.29, 1.82) is 0 Å². The van der Waals surface area contributed by atoms with Crippen molar-refractivity contribution in [3.63, 3.8) is 0 Å². The van der Waals surface area contributed by atoms with Gasteiger partial charge in [0.05, 0.1) is 12.5 Å². The number of carboxylic acid groups (broad SMARTS) is 2. The van der Waals surface area contributed by atoms with Gasteiger partial charge in [-0.3, -0.25) is 14.5 Å². The summed E-state index contributed by atoms with van der Waals surface area (Å²) in [5.74, 6) is -3.36. The van der Waals surface area contributed by atoms with Crippen LogP contribution in [0.2, 0.25) is 0 Å². The summed E-state index contributed by atoms with van der Waals surface area (Å²) < 4.78 is 5.14. The molecule has 1 fully saturated rings. The fraction of sp³-hybridized carbons (Fsp3) is 0.278. The van der Waals surface area contributed by atoms with Gasteiger partial charge in [-0.25, -0.2) is 9.59 Å². The molecule has 0 bridgehead atoms. The van der Waals surface area contributed by atoms with Gasteiger partial charge >= 0.3 is 11.9 Å². The van der Waals surface area contributed by atoms with E-state index in [2.05, 4.69) is 30.7 Å². The molecular formula is C18H16N6O8S2. The van der Waals surface area contributed by atoms with Gasteiger partial charge in [-0.2, -0.15) is 10.3 Å². The van der Waals surface area contributed by atoms with Crippen molar-refractivity contribution >= 4 is 53.0 Å². The first kappa shape index (κ1) is 23.4. The van der Waals surface area contributed by atoms with Crippen molar-refractivity contribution < 1.29 is 38.6 Å². The average molecular weight is 508 g/mol. The molecule has 0 unspecified atom stereocenters. The van der Waals surface area contributed by atoms with Crippen molar-refractivity contribution in [2.45, 2.75) is 16.4 Å². The summed E-state index contributed by atoms with van der Waals surface area (Å²) in [5.41, 5.74) is 0.0526. The topological polar surface area (TPSA) is 200 Å². The van der Waals surface area contributed by atoms with E-state index in [9.17, 15) is 24.3 Å². The highest BCUT2D eigenvalue weighted by Crippen LogP contribution is 2.41. The van der Waals surface area contributed by atoms with E-state index in [1.165, 1.54) is 48.1 Å². The molecule has 2 aliphatic rings. The molecule has 0 spiro atoms. The lowest BCUT2D eigenvalue weighted by Crippen LogP contribution is -2.71. The van der Waals surface area contributed by atoms with Crippen LogP contribution in [-0.4, -0.2) is 89.5 Å². The van der Waals surface area contributed by atoms with E-state index in [1.54, 1.807) is 0 Å². The highest BCUT2D eigenvalue weighted by molar-refractivity contribution is 8.01. The number of aromatic amines is 1. The zero-order valence-electron chi connectivity index (χ0n) is 17.0. The Morgan fingerprint density at radius 2 is 2.24 bits per heavy atom. The Labute approximate surface area is 198 Å². The smallest absolute Gasteiger partial charge is 0.352 e. The fourth-order valence-corrected chi connectivity index (χ4v) is 5.46. The van der Waals surface area contributed by atoms with Crippen LogP contribution in [0.15, 0.2) is 50.5 Å². The van der Waals surface area contributed by atoms with E-state index in [4.69, 9.17) is 9.52 Å². The quantitative estimate of drug-likeness (QED) is 0.142. The number of carbonyl (C=O) groups excluding carboxylic acids is 2. The lowest BCUT2D eigenvalue weighted by atomic mass is 10.0. The summed E-state index contributed by atoms with van der Waals surface area (Å²) in [5, 5.41) is 34.5. The number of aliphatic carboxylic acids is 2. The number of oxime groups is 1. The van der Waals surface area contributed by atoms with Gasteiger partial charge in [0, 0.05) is 11.5 Å². The number of furan rings is 1. The van der Waals surface area contributed by atoms with Crippen LogP contribution in [0.3, 0.4) is 0 Å². The summed E-state index contributed by atoms with van der Waals surface area (Å²) in [4.78, 5) is 54.0. The molecule has 2 aromatic heterocycles. The Morgan fingerprint density at radius 1 is 1.41 bits per heavy atom. The minimum absolute atomic E-state index is 0.00102. The summed E-state index contributed by atoms with van der Waals surface area (Å²) in [6, 6.07) is 1.89. The molecule has 34 heavy (non-hydrogen) atoms. The third kappa shape index (κ3) is 4.76. The van der Waals surface area contributed by atoms with E-state index in [-0.39, 0.29) is 17.2 Å². The Bertz CT molecular complexity index is 1160. The number of hydrogen-bond acceptors (Lipinski definition) is 11. The van der Waals surface area contributed by atoms with Crippen molar-refractivity contribution in [1.82, 2.24) is 25.6 Å². The van der Waals surface area contributed by atoms with Crippen LogP contribution in [0.4, 0.5) is 0 Å². The van der Waals surface area contributed by atoms with Gasteiger partial charge in [-0.15, -0.1) is 16.9 Å². The molecule has 1 saturated heterocycles. The lowest BCUT2D eigenvalue weighted by molar-refractivity contribution is -0.150. The molecule has 0 radical (unpaired) electrons. The van der Waals surface area contributed by atoms with Gasteiger partial charge in [0.25, 0.3) is 11.8 Å². The monoisotopic (exact) mass is 508 g/mol. The first-order valence-corrected chi connectivity index (χ1v) is 11.5. The third-order valence-corrected chi connectivity index (χ3v) is 6.96. The van der Waals surface area contributed by atoms with E-state index < -0.39 is 41.8 Å². The number of nitrogens with one attached hydrogen (secondary N) is 2. The van der Waals surface area contributed by atoms with E-state index in [1.807, 2.05) is 0 Å². The Balaban J connectivity index is 1.48. The van der Waals surface area contributed by atoms with Gasteiger partial charge in [-0.1, -0.05) is 16.9 Å². The number of nitrogens with zero attached hydrogens (tertiary/aromatic N) is 4. The van der Waals surface area contributed by atoms with E-state index in [0.29, 0.717) is 22.1 Å². The molecule has 2 atom stereocenters. The molecular weight excluding hydrogens is 492 g/mol. The largest absolute Gasteiger partial charge is 0.479 e. The molecule has 2 amide bonds. The van der Waals surface area contributed by atoms with Crippen LogP contribution in [0.5, 0.6) is 0 Å². The van der Waals surface area contributed by atoms with E-state index >= 15 is 0 Å². The van der Waals surface area contributed by atoms with Gasteiger partial charge in [0.1, 0.15) is 22.1 Å². The fourth-order valence-electron chi connectivity index (χ4n) is 3.19. The minimum atomic E-state index is -1.29. The number of carboxylic acids is 2. The van der Waals surface area contributed by atoms with Crippen LogP contribution < -0.4 is 5.32 Å². The van der Waals surface area contributed by atoms with Crippen molar-refractivity contribution in [3.8, 4) is 0 Å². The van der Waals surface area contributed by atoms with Gasteiger partial charge in [0.2, 0.25) is 12.3 Å². The minimum Gasteiger partial charge on any atom is -0.479 e. The lowest BCUT2D eigenvalue weighted by Gasteiger charge is -2.49. The maximum absolute atomic E-state index is 12.8. The third-order valence-electron chi connectivity index (χ3n) is 4.64. The van der Waals surface area contributed by atoms with Crippen molar-refractivity contribution in [2.75, 3.05) is 18.1 Å². The first-order valence-electron chi connectivity index (χ1n) is 9.52. The molecule has 0 aliphatic carbocycles. The maximum atomic E-state index is 12.8. The second kappa shape index (κ2) is 10.0. The maximum Gasteiger partial charge on any atom is 0.352 e. The molecule has 0 saturated carbocycles. The van der Waals surface area contributed by atoms with Gasteiger partial charge in [-0.05, 0) is 17.7 Å². The normalized spacial score (nSPS) is 19.9. The Hall–Kier alpha value is -3.79. The molecule has 4 heterocycles. The molecule has 2 aromatic rings. The number of carbonyl (C=O) groups is 4. The number of amides is 2. The summed E-state index contributed by atoms with van der Waals surface area (Å²) in [7, 11) is 0. The predicted octanol–water partition coefficient (Wildman–Crippen LogP) is -0.266. The molecule has 4 N–H and O–H groups in total. The molecule has 2 aliphatic heterocycles. The number of aromatic nitrogens is 3. The molecule has 16 heteroatoms. The Kier molecular flexibility index (Phi) is 6.87. The van der Waals surface area contributed by atoms with Crippen LogP contribution in [0.25, 0.3) is 0 Å². The number of β-lactam (4-membered cyclic amide) rings is 1. The SMILES string of the molecule is O=C(O)CON=C(C(=O)N[C@@H]1C(=O)N2C(C(=O)O)=C(CSc3cn[nH]n3)CS[C@H]12)c1ccco1. The molecule has 0 aromatic carbocycles. The second-order valence-corrected chi connectivity index (χ2v) is 8.90. The first-order chi connectivity index (χ1) is 16.4. The van der Waals surface area contributed by atoms with Crippen LogP contribution in [0, 0.1) is 0 Å². The number of hydrogen-bond donors (Lipinski definition) is 4. The number of H-pyrrole nitrogens is 1. The standard InChI is InChI=1S/C18H16N6O8S2/c25-11(26)5-32-22-12(9-2-1-3-31-9)15(27)20-13-16(28)24-14(18(29)30)8(7-34-17(13)24)6-33-10-4-19-23-21-10/h1-4,13,17H,5-7H2,(H,20,27)(H,25,26)(H,29,30)(H,19,21,23)/t13-,17-/m1/s1. The number of thioether (sulfide) groups is 2. The van der Waals surface area contributed by atoms with Crippen molar-refractivity contribution in [3.05, 3.63) is 41.6 Å². The molecule has 178 valence electrons. The van der Waals surface area contributed by atoms with Crippen molar-refractivity contribution in [2.24, 2.45) is 5.16 Å². The van der Waals surface area contributed by atoms with E-state index in [0.717, 1.165) is 4.90 Å². The van der Waals surface area contributed by atoms with Gasteiger partial charge in [0.15, 0.2) is 5.76 Å². The second-order valence-electron chi connectivity index (χ2n) is 6.80. The number of rotatable bonds is 10. The highest BCUT2D eigenvalue weighted by Gasteiger charge is 2.54. The van der Waals surface area contributed by atoms with Crippen LogP contribution >= 0.6 is 23.5 Å². The molecule has 14 nitrogen and oxygen atoms in total. The van der Waals surface area contributed by atoms with Crippen LogP contribution in [-0.2, 0) is 24.0 Å². The Morgan fingerprint density at radius 3 is 2.88 bits per heavy atom. The summed E-state index contributed by atoms with van der Waals surface area (Å²) in [6.07, 6.45) is 2.79. The predicted molar refractivity (Wildman–Crippen MR) is 116 cm³/mol. The molecule has 4 rings (SSSR count). The van der Waals surface area contributed by atoms with Gasteiger partial charge < -0.3 is 24.8 Å². The zero-order valence-corrected chi connectivity index (χ0v) is 18.7. The summed E-state index contributed by atoms with van der Waals surface area (Å²) in [6.45, 7) is -0.784. The zero-order chi connectivity index (χ0) is 24.2. The highest BCUT2D eigenvalue weighted by atomic mass is 32.2. The number of fused-ring (bicyclic) bond motifs is 1. The summed E-state index contributed by atoms with van der Waals surface area (Å²) >= 11 is 2.58. The van der Waals surface area contributed by atoms with Crippen LogP contribution in [0.1, 0.15) is 5.76 Å². The average Bonchev–Trinajstić information content (AvgIpc) is 3.52.